The summed E-state index contributed by atoms with van der Waals surface area (Å²) in [5.74, 6) is -0.156. The molecule has 0 amide bonds. The first-order chi connectivity index (χ1) is 9.24. The summed E-state index contributed by atoms with van der Waals surface area (Å²) in [6.45, 7) is 0. The third kappa shape index (κ3) is 2.54. The van der Waals surface area contributed by atoms with E-state index in [-0.39, 0.29) is 11.5 Å². The predicted molar refractivity (Wildman–Crippen MR) is 68.2 cm³/mol. The summed E-state index contributed by atoms with van der Waals surface area (Å²) >= 11 is 0. The van der Waals surface area contributed by atoms with Gasteiger partial charge in [-0.2, -0.15) is 0 Å². The van der Waals surface area contributed by atoms with Crippen LogP contribution in [0.25, 0.3) is 11.6 Å². The third-order valence-electron chi connectivity index (χ3n) is 2.94. The van der Waals surface area contributed by atoms with Crippen LogP contribution in [0.5, 0.6) is 0 Å². The average molecular weight is 256 g/mol. The van der Waals surface area contributed by atoms with Crippen LogP contribution < -0.4 is 0 Å². The molecule has 0 spiro atoms. The number of aliphatic carboxylic acids is 1. The van der Waals surface area contributed by atoms with Crippen molar-refractivity contribution in [2.45, 2.75) is 18.8 Å². The fourth-order valence-electron chi connectivity index (χ4n) is 1.77. The number of hydrogen-bond donors (Lipinski definition) is 1. The molecular formula is C14H12N2O3. The molecule has 0 radical (unpaired) electrons. The summed E-state index contributed by atoms with van der Waals surface area (Å²) in [5.41, 5.74) is 0.802. The van der Waals surface area contributed by atoms with Crippen LogP contribution in [0.1, 0.15) is 36.1 Å². The summed E-state index contributed by atoms with van der Waals surface area (Å²) in [4.78, 5) is 11.3. The number of hydrogen-bond acceptors (Lipinski definition) is 4. The SMILES string of the molecule is O=C(O)/C(=C\c1ccccc1)c1nnc(C2CC2)o1. The Labute approximate surface area is 109 Å². The van der Waals surface area contributed by atoms with Crippen molar-refractivity contribution in [1.82, 2.24) is 10.2 Å². The molecule has 1 aromatic heterocycles. The predicted octanol–water partition coefficient (Wildman–Crippen LogP) is 2.57. The molecule has 1 heterocycles. The lowest BCUT2D eigenvalue weighted by atomic mass is 10.1. The summed E-state index contributed by atoms with van der Waals surface area (Å²) in [6, 6.07) is 9.20. The highest BCUT2D eigenvalue weighted by Gasteiger charge is 2.30. The normalized spacial score (nSPS) is 15.5. The van der Waals surface area contributed by atoms with Gasteiger partial charge in [-0.3, -0.25) is 0 Å². The molecule has 0 atom stereocenters. The number of nitrogens with zero attached hydrogens (tertiary/aromatic N) is 2. The zero-order valence-corrected chi connectivity index (χ0v) is 10.1. The van der Waals surface area contributed by atoms with Crippen LogP contribution in [0.3, 0.4) is 0 Å². The van der Waals surface area contributed by atoms with E-state index in [1.54, 1.807) is 0 Å². The molecule has 5 heteroatoms. The molecule has 1 aromatic carbocycles. The molecule has 5 nitrogen and oxygen atoms in total. The van der Waals surface area contributed by atoms with Gasteiger partial charge in [-0.05, 0) is 24.5 Å². The van der Waals surface area contributed by atoms with E-state index in [1.807, 2.05) is 30.3 Å². The Morgan fingerprint density at radius 2 is 2.00 bits per heavy atom. The molecule has 1 fully saturated rings. The number of carboxylic acid groups (broad SMARTS) is 1. The van der Waals surface area contributed by atoms with E-state index in [4.69, 9.17) is 4.42 Å². The van der Waals surface area contributed by atoms with E-state index in [2.05, 4.69) is 10.2 Å². The zero-order chi connectivity index (χ0) is 13.2. The van der Waals surface area contributed by atoms with Gasteiger partial charge in [0.05, 0.1) is 0 Å². The van der Waals surface area contributed by atoms with Crippen LogP contribution >= 0.6 is 0 Å². The fraction of sp³-hybridized carbons (Fsp3) is 0.214. The maximum atomic E-state index is 11.3. The summed E-state index contributed by atoms with van der Waals surface area (Å²) in [5, 5.41) is 17.0. The molecule has 1 N–H and O–H groups in total. The van der Waals surface area contributed by atoms with Crippen molar-refractivity contribution in [3.05, 3.63) is 47.7 Å². The van der Waals surface area contributed by atoms with Crippen molar-refractivity contribution in [2.75, 3.05) is 0 Å². The standard InChI is InChI=1S/C14H12N2O3/c17-14(18)11(8-9-4-2-1-3-5-9)13-16-15-12(19-13)10-6-7-10/h1-5,8,10H,6-7H2,(H,17,18)/b11-8-. The van der Waals surface area contributed by atoms with Crippen LogP contribution in [0.2, 0.25) is 0 Å². The van der Waals surface area contributed by atoms with E-state index in [1.165, 1.54) is 6.08 Å². The van der Waals surface area contributed by atoms with Gasteiger partial charge in [0.25, 0.3) is 5.89 Å². The second-order valence-electron chi connectivity index (χ2n) is 4.49. The Balaban J connectivity index is 1.95. The molecule has 0 unspecified atom stereocenters. The maximum absolute atomic E-state index is 11.3. The van der Waals surface area contributed by atoms with Gasteiger partial charge in [-0.25, -0.2) is 4.79 Å². The van der Waals surface area contributed by atoms with E-state index in [9.17, 15) is 9.90 Å². The number of carbonyl (C=O) groups is 1. The summed E-state index contributed by atoms with van der Waals surface area (Å²) in [7, 11) is 0. The van der Waals surface area contributed by atoms with Crippen molar-refractivity contribution >= 4 is 17.6 Å². The highest BCUT2D eigenvalue weighted by molar-refractivity contribution is 6.19. The lowest BCUT2D eigenvalue weighted by Crippen LogP contribution is -2.00. The third-order valence-corrected chi connectivity index (χ3v) is 2.94. The fourth-order valence-corrected chi connectivity index (χ4v) is 1.77. The summed E-state index contributed by atoms with van der Waals surface area (Å²) in [6.07, 6.45) is 3.60. The first kappa shape index (κ1) is 11.6. The van der Waals surface area contributed by atoms with Gasteiger partial charge in [0, 0.05) is 5.92 Å². The Hall–Kier alpha value is -2.43. The number of rotatable bonds is 4. The quantitative estimate of drug-likeness (QED) is 0.851. The largest absolute Gasteiger partial charge is 0.477 e. The van der Waals surface area contributed by atoms with E-state index in [0.29, 0.717) is 11.8 Å². The van der Waals surface area contributed by atoms with E-state index in [0.717, 1.165) is 18.4 Å². The molecule has 1 saturated carbocycles. The molecule has 0 bridgehead atoms. The maximum Gasteiger partial charge on any atom is 0.341 e. The first-order valence-corrected chi connectivity index (χ1v) is 6.08. The van der Waals surface area contributed by atoms with E-state index >= 15 is 0 Å². The molecule has 1 aliphatic rings. The van der Waals surface area contributed by atoms with Crippen molar-refractivity contribution in [3.63, 3.8) is 0 Å². The molecule has 2 aromatic rings. The van der Waals surface area contributed by atoms with Crippen molar-refractivity contribution in [3.8, 4) is 0 Å². The molecule has 1 aliphatic carbocycles. The topological polar surface area (TPSA) is 76.2 Å². The van der Waals surface area contributed by atoms with Gasteiger partial charge in [-0.15, -0.1) is 10.2 Å². The molecule has 96 valence electrons. The van der Waals surface area contributed by atoms with Gasteiger partial charge in [0.15, 0.2) is 0 Å². The van der Waals surface area contributed by atoms with Crippen LogP contribution in [0, 0.1) is 0 Å². The second-order valence-corrected chi connectivity index (χ2v) is 4.49. The molecule has 0 saturated heterocycles. The van der Waals surface area contributed by atoms with Gasteiger partial charge < -0.3 is 9.52 Å². The van der Waals surface area contributed by atoms with E-state index < -0.39 is 5.97 Å². The minimum Gasteiger partial charge on any atom is -0.477 e. The number of benzene rings is 1. The highest BCUT2D eigenvalue weighted by atomic mass is 16.4. The van der Waals surface area contributed by atoms with Crippen molar-refractivity contribution < 1.29 is 14.3 Å². The lowest BCUT2D eigenvalue weighted by Gasteiger charge is -1.97. The average Bonchev–Trinajstić information content (AvgIpc) is 3.16. The highest BCUT2D eigenvalue weighted by Crippen LogP contribution is 2.39. The Morgan fingerprint density at radius 3 is 2.63 bits per heavy atom. The zero-order valence-electron chi connectivity index (χ0n) is 10.1. The molecule has 19 heavy (non-hydrogen) atoms. The van der Waals surface area contributed by atoms with Crippen LogP contribution in [-0.4, -0.2) is 21.3 Å². The minimum absolute atomic E-state index is 0.0191. The Kier molecular flexibility index (Phi) is 2.87. The smallest absolute Gasteiger partial charge is 0.341 e. The molecule has 0 aliphatic heterocycles. The van der Waals surface area contributed by atoms with Gasteiger partial charge >= 0.3 is 5.97 Å². The van der Waals surface area contributed by atoms with Crippen LogP contribution in [-0.2, 0) is 4.79 Å². The van der Waals surface area contributed by atoms with Crippen molar-refractivity contribution in [1.29, 1.82) is 0 Å². The Bertz CT molecular complexity index is 627. The summed E-state index contributed by atoms with van der Waals surface area (Å²) < 4.78 is 5.43. The second kappa shape index (κ2) is 4.68. The lowest BCUT2D eigenvalue weighted by molar-refractivity contribution is -0.130. The first-order valence-electron chi connectivity index (χ1n) is 6.08. The van der Waals surface area contributed by atoms with Crippen LogP contribution in [0.4, 0.5) is 0 Å². The number of aromatic nitrogens is 2. The van der Waals surface area contributed by atoms with Gasteiger partial charge in [-0.1, -0.05) is 30.3 Å². The number of carboxylic acids is 1. The van der Waals surface area contributed by atoms with Crippen molar-refractivity contribution in [2.24, 2.45) is 0 Å². The molecular weight excluding hydrogens is 244 g/mol. The van der Waals surface area contributed by atoms with Crippen LogP contribution in [0.15, 0.2) is 34.7 Å². The minimum atomic E-state index is -1.07. The molecule has 3 rings (SSSR count). The monoisotopic (exact) mass is 256 g/mol. The van der Waals surface area contributed by atoms with Gasteiger partial charge in [0.2, 0.25) is 5.89 Å². The Morgan fingerprint density at radius 1 is 1.26 bits per heavy atom. The van der Waals surface area contributed by atoms with Gasteiger partial charge in [0.1, 0.15) is 5.57 Å².